The van der Waals surface area contributed by atoms with Crippen LogP contribution in [-0.4, -0.2) is 42.3 Å². The Bertz CT molecular complexity index is 997. The number of nitrogens with one attached hydrogen (secondary N) is 1. The van der Waals surface area contributed by atoms with E-state index in [4.69, 9.17) is 14.2 Å². The molecule has 2 aliphatic rings. The van der Waals surface area contributed by atoms with Crippen molar-refractivity contribution in [1.29, 1.82) is 0 Å². The fourth-order valence-electron chi connectivity index (χ4n) is 4.16. The molecule has 7 heteroatoms. The SMILES string of the molecule is CC(C)(C)OC(=O)NCc1ccc(C(=O)N2CCCC2c2ccc3c(c2)OCCCO3)cc1. The third-order valence-electron chi connectivity index (χ3n) is 5.71. The largest absolute Gasteiger partial charge is 0.490 e. The smallest absolute Gasteiger partial charge is 0.407 e. The Balaban J connectivity index is 1.41. The minimum atomic E-state index is -0.539. The number of carbonyl (C=O) groups is 2. The third-order valence-corrected chi connectivity index (χ3v) is 5.71. The van der Waals surface area contributed by atoms with Crippen molar-refractivity contribution in [3.8, 4) is 11.5 Å². The van der Waals surface area contributed by atoms with E-state index in [-0.39, 0.29) is 11.9 Å². The quantitative estimate of drug-likeness (QED) is 0.718. The van der Waals surface area contributed by atoms with Gasteiger partial charge in [0, 0.05) is 25.1 Å². The van der Waals surface area contributed by atoms with Gasteiger partial charge in [0.05, 0.1) is 19.3 Å². The highest BCUT2D eigenvalue weighted by Gasteiger charge is 2.31. The van der Waals surface area contributed by atoms with Gasteiger partial charge >= 0.3 is 6.09 Å². The van der Waals surface area contributed by atoms with Gasteiger partial charge in [0.15, 0.2) is 11.5 Å². The molecule has 0 aliphatic carbocycles. The molecule has 1 N–H and O–H groups in total. The van der Waals surface area contributed by atoms with Crippen LogP contribution in [0.2, 0.25) is 0 Å². The van der Waals surface area contributed by atoms with Crippen LogP contribution in [-0.2, 0) is 11.3 Å². The summed E-state index contributed by atoms with van der Waals surface area (Å²) in [6.07, 6.45) is 2.28. The fraction of sp³-hybridized carbons (Fsp3) is 0.462. The molecule has 2 aromatic rings. The van der Waals surface area contributed by atoms with Crippen molar-refractivity contribution in [2.45, 2.75) is 58.2 Å². The van der Waals surface area contributed by atoms with Crippen LogP contribution in [0.3, 0.4) is 0 Å². The van der Waals surface area contributed by atoms with E-state index in [1.165, 1.54) is 0 Å². The highest BCUT2D eigenvalue weighted by Crippen LogP contribution is 2.38. The summed E-state index contributed by atoms with van der Waals surface area (Å²) in [7, 11) is 0. The number of likely N-dealkylation sites (tertiary alicyclic amines) is 1. The minimum absolute atomic E-state index is 0.0104. The zero-order chi connectivity index (χ0) is 23.4. The summed E-state index contributed by atoms with van der Waals surface area (Å²) in [4.78, 5) is 27.1. The van der Waals surface area contributed by atoms with Gasteiger partial charge in [0.2, 0.25) is 0 Å². The van der Waals surface area contributed by atoms with Crippen LogP contribution in [0.4, 0.5) is 4.79 Å². The maximum atomic E-state index is 13.3. The molecule has 33 heavy (non-hydrogen) atoms. The monoisotopic (exact) mass is 452 g/mol. The highest BCUT2D eigenvalue weighted by atomic mass is 16.6. The minimum Gasteiger partial charge on any atom is -0.490 e. The Morgan fingerprint density at radius 3 is 2.48 bits per heavy atom. The molecule has 1 atom stereocenters. The summed E-state index contributed by atoms with van der Waals surface area (Å²) in [6, 6.07) is 13.4. The normalized spacial score (nSPS) is 17.9. The first-order valence-corrected chi connectivity index (χ1v) is 11.6. The van der Waals surface area contributed by atoms with Crippen molar-refractivity contribution in [2.24, 2.45) is 0 Å². The lowest BCUT2D eigenvalue weighted by atomic mass is 10.0. The van der Waals surface area contributed by atoms with Gasteiger partial charge in [-0.05, 0) is 69.0 Å². The van der Waals surface area contributed by atoms with Gasteiger partial charge in [-0.2, -0.15) is 0 Å². The number of alkyl carbamates (subject to hydrolysis) is 1. The van der Waals surface area contributed by atoms with E-state index in [0.29, 0.717) is 25.3 Å². The van der Waals surface area contributed by atoms with Crippen LogP contribution >= 0.6 is 0 Å². The molecule has 176 valence electrons. The van der Waals surface area contributed by atoms with E-state index in [1.807, 2.05) is 68.1 Å². The lowest BCUT2D eigenvalue weighted by molar-refractivity contribution is 0.0523. The summed E-state index contributed by atoms with van der Waals surface area (Å²) >= 11 is 0. The molecule has 2 aliphatic heterocycles. The van der Waals surface area contributed by atoms with E-state index >= 15 is 0 Å². The summed E-state index contributed by atoms with van der Waals surface area (Å²) < 4.78 is 16.8. The maximum absolute atomic E-state index is 13.3. The van der Waals surface area contributed by atoms with E-state index in [9.17, 15) is 9.59 Å². The molecule has 2 amide bonds. The highest BCUT2D eigenvalue weighted by molar-refractivity contribution is 5.94. The average Bonchev–Trinajstić information content (AvgIpc) is 3.15. The van der Waals surface area contributed by atoms with Gasteiger partial charge in [-0.25, -0.2) is 4.79 Å². The molecule has 4 rings (SSSR count). The Labute approximate surface area is 195 Å². The first-order valence-electron chi connectivity index (χ1n) is 11.6. The first-order chi connectivity index (χ1) is 15.8. The van der Waals surface area contributed by atoms with E-state index in [2.05, 4.69) is 5.32 Å². The number of hydrogen-bond donors (Lipinski definition) is 1. The third kappa shape index (κ3) is 5.78. The zero-order valence-electron chi connectivity index (χ0n) is 19.6. The molecule has 0 radical (unpaired) electrons. The number of rotatable bonds is 4. The molecule has 1 saturated heterocycles. The lowest BCUT2D eigenvalue weighted by Gasteiger charge is -2.26. The second kappa shape index (κ2) is 9.73. The molecule has 0 aromatic heterocycles. The molecule has 2 heterocycles. The van der Waals surface area contributed by atoms with Crippen LogP contribution in [0, 0.1) is 0 Å². The van der Waals surface area contributed by atoms with Gasteiger partial charge in [0.25, 0.3) is 5.91 Å². The van der Waals surface area contributed by atoms with Crippen molar-refractivity contribution in [2.75, 3.05) is 19.8 Å². The second-order valence-electron chi connectivity index (χ2n) is 9.47. The molecule has 1 unspecified atom stereocenters. The molecular formula is C26H32N2O5. The summed E-state index contributed by atoms with van der Waals surface area (Å²) in [5.74, 6) is 1.53. The van der Waals surface area contributed by atoms with Crippen LogP contribution in [0.1, 0.15) is 67.6 Å². The van der Waals surface area contributed by atoms with Crippen molar-refractivity contribution < 1.29 is 23.8 Å². The summed E-state index contributed by atoms with van der Waals surface area (Å²) in [5.41, 5.74) is 2.07. The molecule has 2 aromatic carbocycles. The predicted molar refractivity (Wildman–Crippen MR) is 125 cm³/mol. The number of hydrogen-bond acceptors (Lipinski definition) is 5. The Hall–Kier alpha value is -3.22. The van der Waals surface area contributed by atoms with Gasteiger partial charge in [-0.15, -0.1) is 0 Å². The van der Waals surface area contributed by atoms with Crippen LogP contribution < -0.4 is 14.8 Å². The average molecular weight is 453 g/mol. The maximum Gasteiger partial charge on any atom is 0.407 e. The first kappa shape index (κ1) is 23.0. The van der Waals surface area contributed by atoms with Crippen LogP contribution in [0.5, 0.6) is 11.5 Å². The van der Waals surface area contributed by atoms with E-state index in [0.717, 1.165) is 48.4 Å². The number of benzene rings is 2. The Kier molecular flexibility index (Phi) is 6.77. The summed E-state index contributed by atoms with van der Waals surface area (Å²) in [6.45, 7) is 7.83. The van der Waals surface area contributed by atoms with Crippen LogP contribution in [0.15, 0.2) is 42.5 Å². The molecular weight excluding hydrogens is 420 g/mol. The van der Waals surface area contributed by atoms with E-state index < -0.39 is 11.7 Å². The van der Waals surface area contributed by atoms with Crippen LogP contribution in [0.25, 0.3) is 0 Å². The Morgan fingerprint density at radius 2 is 1.76 bits per heavy atom. The molecule has 1 fully saturated rings. The number of ether oxygens (including phenoxy) is 3. The molecule has 0 bridgehead atoms. The van der Waals surface area contributed by atoms with Crippen molar-refractivity contribution in [3.63, 3.8) is 0 Å². The van der Waals surface area contributed by atoms with Crippen molar-refractivity contribution in [3.05, 3.63) is 59.2 Å². The fourth-order valence-corrected chi connectivity index (χ4v) is 4.16. The standard InChI is InChI=1S/C26H32N2O5/c1-26(2,3)33-25(30)27-17-18-7-9-19(10-8-18)24(29)28-13-4-6-21(28)20-11-12-22-23(16-20)32-15-5-14-31-22/h7-12,16,21H,4-6,13-15,17H2,1-3H3,(H,27,30). The summed E-state index contributed by atoms with van der Waals surface area (Å²) in [5, 5.41) is 2.74. The second-order valence-corrected chi connectivity index (χ2v) is 9.47. The number of nitrogens with zero attached hydrogens (tertiary/aromatic N) is 1. The topological polar surface area (TPSA) is 77.1 Å². The van der Waals surface area contributed by atoms with Gasteiger partial charge in [-0.3, -0.25) is 4.79 Å². The van der Waals surface area contributed by atoms with Gasteiger partial charge < -0.3 is 24.4 Å². The number of carbonyl (C=O) groups excluding carboxylic acids is 2. The number of amides is 2. The molecule has 7 nitrogen and oxygen atoms in total. The van der Waals surface area contributed by atoms with E-state index in [1.54, 1.807) is 0 Å². The molecule has 0 saturated carbocycles. The van der Waals surface area contributed by atoms with Gasteiger partial charge in [-0.1, -0.05) is 18.2 Å². The molecule has 0 spiro atoms. The lowest BCUT2D eigenvalue weighted by Crippen LogP contribution is -2.32. The zero-order valence-corrected chi connectivity index (χ0v) is 19.6. The van der Waals surface area contributed by atoms with Crippen molar-refractivity contribution in [1.82, 2.24) is 10.2 Å². The Morgan fingerprint density at radius 1 is 1.03 bits per heavy atom. The van der Waals surface area contributed by atoms with Gasteiger partial charge in [0.1, 0.15) is 5.60 Å². The predicted octanol–water partition coefficient (Wildman–Crippen LogP) is 4.85. The van der Waals surface area contributed by atoms with Crippen molar-refractivity contribution >= 4 is 12.0 Å². The number of fused-ring (bicyclic) bond motifs is 1.